The van der Waals surface area contributed by atoms with Crippen LogP contribution in [0.2, 0.25) is 0 Å². The van der Waals surface area contributed by atoms with Crippen LogP contribution in [0.3, 0.4) is 0 Å². The first-order chi connectivity index (χ1) is 15.4. The fourth-order valence-corrected chi connectivity index (χ4v) is 3.17. The van der Waals surface area contributed by atoms with Crippen molar-refractivity contribution in [2.45, 2.75) is 27.7 Å². The van der Waals surface area contributed by atoms with Gasteiger partial charge in [-0.3, -0.25) is 0 Å². The number of urea groups is 1. The maximum atomic E-state index is 12.2. The predicted octanol–water partition coefficient (Wildman–Crippen LogP) is 5.33. The third-order valence-electron chi connectivity index (χ3n) is 5.11. The van der Waals surface area contributed by atoms with Gasteiger partial charge < -0.3 is 15.4 Å². The van der Waals surface area contributed by atoms with Crippen LogP contribution in [0, 0.1) is 27.7 Å². The fourth-order valence-electron chi connectivity index (χ4n) is 3.17. The molecule has 2 aromatic carbocycles. The number of hydrogen-bond donors (Lipinski definition) is 2. The van der Waals surface area contributed by atoms with E-state index in [9.17, 15) is 4.79 Å². The average Bonchev–Trinajstić information content (AvgIpc) is 3.03. The Hall–Kier alpha value is -4.20. The van der Waals surface area contributed by atoms with Crippen LogP contribution in [-0.2, 0) is 0 Å². The van der Waals surface area contributed by atoms with Gasteiger partial charge in [-0.25, -0.2) is 9.48 Å². The van der Waals surface area contributed by atoms with Gasteiger partial charge >= 0.3 is 6.03 Å². The van der Waals surface area contributed by atoms with E-state index in [0.717, 1.165) is 28.2 Å². The number of benzene rings is 2. The summed E-state index contributed by atoms with van der Waals surface area (Å²) in [5, 5.41) is 18.5. The number of aromatic nitrogens is 4. The lowest BCUT2D eigenvalue weighted by molar-refractivity contribution is 0.262. The summed E-state index contributed by atoms with van der Waals surface area (Å²) in [6, 6.07) is 17.9. The van der Waals surface area contributed by atoms with Gasteiger partial charge in [-0.05, 0) is 81.3 Å². The molecule has 0 aliphatic heterocycles. The van der Waals surface area contributed by atoms with Gasteiger partial charge in [0.25, 0.3) is 0 Å². The molecule has 0 unspecified atom stereocenters. The molecule has 0 bridgehead atoms. The molecular weight excluding hydrogens is 404 g/mol. The number of carbonyl (C=O) groups is 1. The molecule has 0 fully saturated rings. The lowest BCUT2D eigenvalue weighted by atomic mass is 10.2. The molecule has 2 heterocycles. The number of nitrogens with one attached hydrogen (secondary N) is 2. The normalized spacial score (nSPS) is 10.6. The lowest BCUT2D eigenvalue weighted by Crippen LogP contribution is -2.19. The van der Waals surface area contributed by atoms with Gasteiger partial charge in [-0.15, -0.1) is 10.2 Å². The summed E-state index contributed by atoms with van der Waals surface area (Å²) >= 11 is 0. The van der Waals surface area contributed by atoms with Gasteiger partial charge in [0.15, 0.2) is 5.82 Å². The highest BCUT2D eigenvalue weighted by atomic mass is 16.5. The SMILES string of the molecule is Cc1cccc(NC(=O)Nc2ccc(Oc3ccc(-n4nc(C)c(C)c4C)nn3)cc2)c1. The number of anilines is 2. The highest BCUT2D eigenvalue weighted by molar-refractivity contribution is 5.99. The van der Waals surface area contributed by atoms with E-state index in [1.807, 2.05) is 58.0 Å². The molecule has 8 heteroatoms. The standard InChI is InChI=1S/C24H24N6O2/c1-15-6-5-7-20(14-15)26-24(31)25-19-8-10-21(11-9-19)32-23-13-12-22(27-28-23)30-18(4)16(2)17(3)29-30/h5-14H,1-4H3,(H2,25,26,31). The molecular formula is C24H24N6O2. The maximum Gasteiger partial charge on any atom is 0.323 e. The van der Waals surface area contributed by atoms with E-state index < -0.39 is 0 Å². The molecule has 2 N–H and O–H groups in total. The van der Waals surface area contributed by atoms with E-state index in [0.29, 0.717) is 23.1 Å². The Morgan fingerprint density at radius 2 is 1.62 bits per heavy atom. The first-order valence-electron chi connectivity index (χ1n) is 10.2. The van der Waals surface area contributed by atoms with Crippen LogP contribution in [0.4, 0.5) is 16.2 Å². The van der Waals surface area contributed by atoms with E-state index in [1.165, 1.54) is 0 Å². The summed E-state index contributed by atoms with van der Waals surface area (Å²) < 4.78 is 7.53. The van der Waals surface area contributed by atoms with Gasteiger partial charge in [0, 0.05) is 23.1 Å². The second-order valence-electron chi connectivity index (χ2n) is 7.51. The van der Waals surface area contributed by atoms with Crippen LogP contribution >= 0.6 is 0 Å². The molecule has 0 aliphatic carbocycles. The lowest BCUT2D eigenvalue weighted by Gasteiger charge is -2.09. The quantitative estimate of drug-likeness (QED) is 0.448. The van der Waals surface area contributed by atoms with E-state index in [4.69, 9.17) is 4.74 Å². The molecule has 0 radical (unpaired) electrons. The molecule has 0 spiro atoms. The number of aryl methyl sites for hydroxylation is 2. The van der Waals surface area contributed by atoms with Crippen molar-refractivity contribution < 1.29 is 9.53 Å². The van der Waals surface area contributed by atoms with Crippen LogP contribution in [-0.4, -0.2) is 26.0 Å². The molecule has 0 aliphatic rings. The van der Waals surface area contributed by atoms with Crippen LogP contribution < -0.4 is 15.4 Å². The monoisotopic (exact) mass is 428 g/mol. The van der Waals surface area contributed by atoms with Gasteiger partial charge in [-0.1, -0.05) is 12.1 Å². The van der Waals surface area contributed by atoms with Crippen molar-refractivity contribution in [3.8, 4) is 17.4 Å². The first kappa shape index (κ1) is 21.0. The Labute approximate surface area is 186 Å². The Kier molecular flexibility index (Phi) is 5.85. The minimum absolute atomic E-state index is 0.315. The van der Waals surface area contributed by atoms with Gasteiger partial charge in [0.1, 0.15) is 5.75 Å². The Morgan fingerprint density at radius 3 is 2.25 bits per heavy atom. The molecule has 162 valence electrons. The molecule has 0 saturated carbocycles. The number of hydrogen-bond acceptors (Lipinski definition) is 5. The van der Waals surface area contributed by atoms with Crippen LogP contribution in [0.15, 0.2) is 60.7 Å². The largest absolute Gasteiger partial charge is 0.438 e. The van der Waals surface area contributed by atoms with E-state index in [2.05, 4.69) is 25.9 Å². The summed E-state index contributed by atoms with van der Waals surface area (Å²) in [7, 11) is 0. The first-order valence-corrected chi connectivity index (χ1v) is 10.2. The molecule has 4 rings (SSSR count). The summed E-state index contributed by atoms with van der Waals surface area (Å²) in [4.78, 5) is 12.2. The van der Waals surface area contributed by atoms with Gasteiger partial charge in [0.2, 0.25) is 5.88 Å². The minimum Gasteiger partial charge on any atom is -0.438 e. The Bertz CT molecular complexity index is 1250. The zero-order valence-electron chi connectivity index (χ0n) is 18.4. The molecule has 32 heavy (non-hydrogen) atoms. The summed E-state index contributed by atoms with van der Waals surface area (Å²) in [6.07, 6.45) is 0. The Morgan fingerprint density at radius 1 is 0.875 bits per heavy atom. The fraction of sp³-hybridized carbons (Fsp3) is 0.167. The maximum absolute atomic E-state index is 12.2. The van der Waals surface area contributed by atoms with Gasteiger partial charge in [-0.2, -0.15) is 5.10 Å². The molecule has 4 aromatic rings. The third kappa shape index (κ3) is 4.75. The van der Waals surface area contributed by atoms with Crippen molar-refractivity contribution in [3.05, 3.63) is 83.2 Å². The van der Waals surface area contributed by atoms with Crippen molar-refractivity contribution in [1.29, 1.82) is 0 Å². The molecule has 8 nitrogen and oxygen atoms in total. The van der Waals surface area contributed by atoms with Crippen LogP contribution in [0.1, 0.15) is 22.5 Å². The van der Waals surface area contributed by atoms with E-state index in [-0.39, 0.29) is 6.03 Å². The van der Waals surface area contributed by atoms with Crippen molar-refractivity contribution in [2.75, 3.05) is 10.6 Å². The Balaban J connectivity index is 1.37. The zero-order chi connectivity index (χ0) is 22.7. The molecule has 0 saturated heterocycles. The highest BCUT2D eigenvalue weighted by Crippen LogP contribution is 2.22. The summed E-state index contributed by atoms with van der Waals surface area (Å²) in [6.45, 7) is 7.97. The van der Waals surface area contributed by atoms with Crippen molar-refractivity contribution in [3.63, 3.8) is 0 Å². The summed E-state index contributed by atoms with van der Waals surface area (Å²) in [5.41, 5.74) is 5.58. The number of carbonyl (C=O) groups excluding carboxylic acids is 1. The minimum atomic E-state index is -0.315. The topological polar surface area (TPSA) is 94.0 Å². The summed E-state index contributed by atoms with van der Waals surface area (Å²) in [5.74, 6) is 1.58. The third-order valence-corrected chi connectivity index (χ3v) is 5.11. The molecule has 2 aromatic heterocycles. The van der Waals surface area contributed by atoms with Crippen molar-refractivity contribution >= 4 is 17.4 Å². The molecule has 2 amide bonds. The number of rotatable bonds is 5. The predicted molar refractivity (Wildman–Crippen MR) is 124 cm³/mol. The van der Waals surface area contributed by atoms with E-state index >= 15 is 0 Å². The number of amides is 2. The van der Waals surface area contributed by atoms with Gasteiger partial charge in [0.05, 0.1) is 5.69 Å². The number of ether oxygens (including phenoxy) is 1. The second kappa shape index (κ2) is 8.89. The number of nitrogens with zero attached hydrogens (tertiary/aromatic N) is 4. The van der Waals surface area contributed by atoms with Crippen molar-refractivity contribution in [1.82, 2.24) is 20.0 Å². The smallest absolute Gasteiger partial charge is 0.323 e. The zero-order valence-corrected chi connectivity index (χ0v) is 18.4. The average molecular weight is 428 g/mol. The van der Waals surface area contributed by atoms with Crippen LogP contribution in [0.5, 0.6) is 11.6 Å². The second-order valence-corrected chi connectivity index (χ2v) is 7.51. The van der Waals surface area contributed by atoms with Crippen LogP contribution in [0.25, 0.3) is 5.82 Å². The molecule has 0 atom stereocenters. The van der Waals surface area contributed by atoms with E-state index in [1.54, 1.807) is 35.0 Å². The highest BCUT2D eigenvalue weighted by Gasteiger charge is 2.11. The van der Waals surface area contributed by atoms with Crippen molar-refractivity contribution in [2.24, 2.45) is 0 Å².